The van der Waals surface area contributed by atoms with E-state index < -0.39 is 5.60 Å². The third-order valence-corrected chi connectivity index (χ3v) is 5.81. The van der Waals surface area contributed by atoms with E-state index in [4.69, 9.17) is 9.47 Å². The summed E-state index contributed by atoms with van der Waals surface area (Å²) in [5.41, 5.74) is 3.35. The first kappa shape index (κ1) is 19.2. The Balaban J connectivity index is 1.77. The highest BCUT2D eigenvalue weighted by molar-refractivity contribution is 5.85. The molecule has 2 heteroatoms. The molecule has 4 aromatic rings. The molecule has 152 valence electrons. The Bertz CT molecular complexity index is 1130. The van der Waals surface area contributed by atoms with Gasteiger partial charge in [0, 0.05) is 22.3 Å². The van der Waals surface area contributed by atoms with Gasteiger partial charge in [-0.3, -0.25) is 0 Å². The molecule has 0 radical (unpaired) electrons. The molecule has 0 aliphatic carbocycles. The lowest BCUT2D eigenvalue weighted by molar-refractivity contribution is -0.0590. The molecule has 1 atom stereocenters. The minimum absolute atomic E-state index is 0.250. The van der Waals surface area contributed by atoms with Crippen molar-refractivity contribution >= 4 is 11.5 Å². The molecular formula is C29H24O2. The molecule has 1 heterocycles. The number of hydrogen-bond acceptors (Lipinski definition) is 2. The van der Waals surface area contributed by atoms with Gasteiger partial charge in [0.05, 0.1) is 0 Å². The summed E-state index contributed by atoms with van der Waals surface area (Å²) in [5, 5.41) is 0. The van der Waals surface area contributed by atoms with Gasteiger partial charge in [-0.15, -0.1) is 0 Å². The monoisotopic (exact) mass is 404 g/mol. The van der Waals surface area contributed by atoms with Gasteiger partial charge in [0.1, 0.15) is 6.10 Å². The summed E-state index contributed by atoms with van der Waals surface area (Å²) < 4.78 is 13.8. The second kappa shape index (κ2) is 8.16. The topological polar surface area (TPSA) is 18.5 Å². The van der Waals surface area contributed by atoms with Gasteiger partial charge >= 0.3 is 0 Å². The van der Waals surface area contributed by atoms with Gasteiger partial charge in [-0.05, 0) is 6.92 Å². The van der Waals surface area contributed by atoms with Crippen LogP contribution < -0.4 is 0 Å². The maximum absolute atomic E-state index is 7.07. The van der Waals surface area contributed by atoms with Crippen LogP contribution in [-0.2, 0) is 15.1 Å². The Morgan fingerprint density at radius 2 is 0.903 bits per heavy atom. The van der Waals surface area contributed by atoms with Crippen molar-refractivity contribution in [2.24, 2.45) is 0 Å². The van der Waals surface area contributed by atoms with Gasteiger partial charge in [0.2, 0.25) is 0 Å². The van der Waals surface area contributed by atoms with Crippen LogP contribution in [0.15, 0.2) is 121 Å². The molecule has 0 N–H and O–H groups in total. The Hall–Kier alpha value is -3.78. The SMILES string of the molecule is CC1OC(c2ccccc2)=C(c2ccccc2)OC1(c1ccccc1)c1ccccc1. The van der Waals surface area contributed by atoms with E-state index in [2.05, 4.69) is 79.7 Å². The molecule has 0 aromatic heterocycles. The fraction of sp³-hybridized carbons (Fsp3) is 0.103. The maximum atomic E-state index is 7.07. The van der Waals surface area contributed by atoms with Crippen molar-refractivity contribution in [1.82, 2.24) is 0 Å². The molecule has 1 aliphatic rings. The van der Waals surface area contributed by atoms with Crippen molar-refractivity contribution in [2.75, 3.05) is 0 Å². The predicted molar refractivity (Wildman–Crippen MR) is 125 cm³/mol. The Labute approximate surface area is 183 Å². The van der Waals surface area contributed by atoms with E-state index in [0.29, 0.717) is 0 Å². The second-order valence-corrected chi connectivity index (χ2v) is 7.72. The molecule has 0 spiro atoms. The molecule has 4 aromatic carbocycles. The fourth-order valence-electron chi connectivity index (χ4n) is 4.30. The molecule has 2 nitrogen and oxygen atoms in total. The molecule has 0 saturated carbocycles. The van der Waals surface area contributed by atoms with Gasteiger partial charge in [0.15, 0.2) is 17.1 Å². The van der Waals surface area contributed by atoms with Crippen LogP contribution >= 0.6 is 0 Å². The van der Waals surface area contributed by atoms with Crippen molar-refractivity contribution in [3.8, 4) is 0 Å². The van der Waals surface area contributed by atoms with Crippen molar-refractivity contribution < 1.29 is 9.47 Å². The van der Waals surface area contributed by atoms with Crippen LogP contribution in [0.3, 0.4) is 0 Å². The van der Waals surface area contributed by atoms with Crippen LogP contribution in [0.4, 0.5) is 0 Å². The van der Waals surface area contributed by atoms with E-state index in [1.165, 1.54) is 0 Å². The van der Waals surface area contributed by atoms with Crippen molar-refractivity contribution in [3.63, 3.8) is 0 Å². The fourth-order valence-corrected chi connectivity index (χ4v) is 4.30. The van der Waals surface area contributed by atoms with Crippen molar-refractivity contribution in [1.29, 1.82) is 0 Å². The van der Waals surface area contributed by atoms with E-state index in [9.17, 15) is 0 Å². The van der Waals surface area contributed by atoms with E-state index in [1.54, 1.807) is 0 Å². The summed E-state index contributed by atoms with van der Waals surface area (Å²) in [6, 6.07) is 41.1. The summed E-state index contributed by atoms with van der Waals surface area (Å²) in [6.45, 7) is 2.09. The number of ether oxygens (including phenoxy) is 2. The van der Waals surface area contributed by atoms with Gasteiger partial charge in [-0.2, -0.15) is 0 Å². The summed E-state index contributed by atoms with van der Waals surface area (Å²) in [6.07, 6.45) is -0.250. The average molecular weight is 405 g/mol. The lowest BCUT2D eigenvalue weighted by Crippen LogP contribution is -2.45. The zero-order valence-corrected chi connectivity index (χ0v) is 17.4. The quantitative estimate of drug-likeness (QED) is 0.369. The zero-order chi connectivity index (χ0) is 21.1. The largest absolute Gasteiger partial charge is 0.481 e. The van der Waals surface area contributed by atoms with E-state index in [0.717, 1.165) is 33.8 Å². The van der Waals surface area contributed by atoms with Crippen molar-refractivity contribution in [3.05, 3.63) is 144 Å². The van der Waals surface area contributed by atoms with Crippen LogP contribution in [0.5, 0.6) is 0 Å². The van der Waals surface area contributed by atoms with Crippen molar-refractivity contribution in [2.45, 2.75) is 18.6 Å². The lowest BCUT2D eigenvalue weighted by atomic mass is 9.80. The second-order valence-electron chi connectivity index (χ2n) is 7.72. The first-order valence-electron chi connectivity index (χ1n) is 10.6. The van der Waals surface area contributed by atoms with E-state index >= 15 is 0 Å². The summed E-state index contributed by atoms with van der Waals surface area (Å²) in [7, 11) is 0. The van der Waals surface area contributed by atoms with Crippen LogP contribution in [0.25, 0.3) is 11.5 Å². The molecule has 0 amide bonds. The van der Waals surface area contributed by atoms with Gasteiger partial charge < -0.3 is 9.47 Å². The molecule has 0 fully saturated rings. The molecule has 5 rings (SSSR count). The smallest absolute Gasteiger partial charge is 0.195 e. The third-order valence-electron chi connectivity index (χ3n) is 5.81. The predicted octanol–water partition coefficient (Wildman–Crippen LogP) is 6.89. The maximum Gasteiger partial charge on any atom is 0.195 e. The normalized spacial score (nSPS) is 17.5. The first-order valence-corrected chi connectivity index (χ1v) is 10.6. The summed E-state index contributed by atoms with van der Waals surface area (Å²) in [5.74, 6) is 1.51. The van der Waals surface area contributed by atoms with Crippen LogP contribution in [-0.4, -0.2) is 6.10 Å². The highest BCUT2D eigenvalue weighted by Crippen LogP contribution is 2.48. The molecule has 1 unspecified atom stereocenters. The Morgan fingerprint density at radius 3 is 1.35 bits per heavy atom. The third kappa shape index (κ3) is 3.40. The number of benzene rings is 4. The van der Waals surface area contributed by atoms with Gasteiger partial charge in [0.25, 0.3) is 0 Å². The van der Waals surface area contributed by atoms with Crippen LogP contribution in [0.2, 0.25) is 0 Å². The molecule has 0 bridgehead atoms. The zero-order valence-electron chi connectivity index (χ0n) is 17.4. The first-order chi connectivity index (χ1) is 15.3. The minimum Gasteiger partial charge on any atom is -0.481 e. The summed E-state index contributed by atoms with van der Waals surface area (Å²) in [4.78, 5) is 0. The highest BCUT2D eigenvalue weighted by atomic mass is 16.6. The number of hydrogen-bond donors (Lipinski definition) is 0. The van der Waals surface area contributed by atoms with E-state index in [1.807, 2.05) is 48.5 Å². The van der Waals surface area contributed by atoms with E-state index in [-0.39, 0.29) is 6.10 Å². The summed E-state index contributed by atoms with van der Waals surface area (Å²) >= 11 is 0. The minimum atomic E-state index is -0.772. The Kier molecular flexibility index (Phi) is 5.05. The van der Waals surface area contributed by atoms with Crippen LogP contribution in [0, 0.1) is 0 Å². The Morgan fingerprint density at radius 1 is 0.516 bits per heavy atom. The van der Waals surface area contributed by atoms with Crippen LogP contribution in [0.1, 0.15) is 29.2 Å². The highest BCUT2D eigenvalue weighted by Gasteiger charge is 2.48. The standard InChI is InChI=1S/C29H24O2/c1-22-29(25-18-10-4-11-19-25,26-20-12-5-13-21-26)31-28(24-16-8-3-9-17-24)27(30-22)23-14-6-2-7-15-23/h2-22H,1H3. The molecule has 1 aliphatic heterocycles. The average Bonchev–Trinajstić information content (AvgIpc) is 2.86. The lowest BCUT2D eigenvalue weighted by Gasteiger charge is -2.45. The number of rotatable bonds is 4. The molecule has 31 heavy (non-hydrogen) atoms. The molecule has 0 saturated heterocycles. The molecular weight excluding hydrogens is 380 g/mol. The van der Waals surface area contributed by atoms with Gasteiger partial charge in [-0.1, -0.05) is 121 Å². The van der Waals surface area contributed by atoms with Gasteiger partial charge in [-0.25, -0.2) is 0 Å².